The summed E-state index contributed by atoms with van der Waals surface area (Å²) in [6.07, 6.45) is 3.15. The fourth-order valence-corrected chi connectivity index (χ4v) is 2.37. The molecule has 2 aliphatic rings. The van der Waals surface area contributed by atoms with Crippen molar-refractivity contribution in [2.75, 3.05) is 13.1 Å². The average molecular weight is 246 g/mol. The van der Waals surface area contributed by atoms with Crippen LogP contribution < -0.4 is 4.74 Å². The second-order valence-corrected chi connectivity index (χ2v) is 5.20. The molecule has 0 bridgehead atoms. The first kappa shape index (κ1) is 11.5. The molecule has 0 spiro atoms. The molecule has 4 nitrogen and oxygen atoms in total. The van der Waals surface area contributed by atoms with Crippen LogP contribution in [0, 0.1) is 12.8 Å². The summed E-state index contributed by atoms with van der Waals surface area (Å²) < 4.78 is 5.83. The highest BCUT2D eigenvalue weighted by Gasteiger charge is 2.37. The van der Waals surface area contributed by atoms with Gasteiger partial charge in [-0.05, 0) is 25.8 Å². The maximum Gasteiger partial charge on any atom is 0.225 e. The summed E-state index contributed by atoms with van der Waals surface area (Å²) in [5, 5.41) is 0. The Morgan fingerprint density at radius 1 is 1.39 bits per heavy atom. The third-order valence-electron chi connectivity index (χ3n) is 3.53. The van der Waals surface area contributed by atoms with Gasteiger partial charge in [-0.2, -0.15) is 0 Å². The van der Waals surface area contributed by atoms with E-state index in [4.69, 9.17) is 4.74 Å². The Bertz CT molecular complexity index is 457. The SMILES string of the molecule is Cc1cccc(O[C@@H]2CCN(C(=O)C3CC3)C2)n1. The summed E-state index contributed by atoms with van der Waals surface area (Å²) in [5.74, 6) is 1.29. The van der Waals surface area contributed by atoms with Crippen molar-refractivity contribution in [3.63, 3.8) is 0 Å². The van der Waals surface area contributed by atoms with Gasteiger partial charge < -0.3 is 9.64 Å². The van der Waals surface area contributed by atoms with Gasteiger partial charge in [-0.25, -0.2) is 4.98 Å². The summed E-state index contributed by atoms with van der Waals surface area (Å²) >= 11 is 0. The van der Waals surface area contributed by atoms with E-state index in [0.717, 1.165) is 31.5 Å². The zero-order valence-corrected chi connectivity index (χ0v) is 10.6. The van der Waals surface area contributed by atoms with E-state index in [9.17, 15) is 4.79 Å². The summed E-state index contributed by atoms with van der Waals surface area (Å²) in [4.78, 5) is 18.2. The van der Waals surface area contributed by atoms with Crippen LogP contribution in [-0.2, 0) is 4.79 Å². The molecule has 0 aromatic carbocycles. The van der Waals surface area contributed by atoms with E-state index >= 15 is 0 Å². The van der Waals surface area contributed by atoms with E-state index in [2.05, 4.69) is 4.98 Å². The van der Waals surface area contributed by atoms with Gasteiger partial charge in [-0.15, -0.1) is 0 Å². The normalized spacial score (nSPS) is 23.2. The van der Waals surface area contributed by atoms with Gasteiger partial charge >= 0.3 is 0 Å². The lowest BCUT2D eigenvalue weighted by Gasteiger charge is -2.16. The third kappa shape index (κ3) is 2.47. The first-order chi connectivity index (χ1) is 8.72. The molecule has 1 aromatic heterocycles. The standard InChI is InChI=1S/C14H18N2O2/c1-10-3-2-4-13(15-10)18-12-7-8-16(9-12)14(17)11-5-6-11/h2-4,11-12H,5-9H2,1H3/t12-/m1/s1. The van der Waals surface area contributed by atoms with E-state index in [1.165, 1.54) is 0 Å². The van der Waals surface area contributed by atoms with Gasteiger partial charge in [-0.3, -0.25) is 4.79 Å². The maximum absolute atomic E-state index is 11.9. The monoisotopic (exact) mass is 246 g/mol. The average Bonchev–Trinajstić information content (AvgIpc) is 3.09. The zero-order chi connectivity index (χ0) is 12.5. The van der Waals surface area contributed by atoms with Crippen molar-refractivity contribution in [2.24, 2.45) is 5.92 Å². The van der Waals surface area contributed by atoms with Gasteiger partial charge in [0.2, 0.25) is 11.8 Å². The highest BCUT2D eigenvalue weighted by molar-refractivity contribution is 5.81. The number of likely N-dealkylation sites (tertiary alicyclic amines) is 1. The Kier molecular flexibility index (Phi) is 2.94. The highest BCUT2D eigenvalue weighted by Crippen LogP contribution is 2.32. The number of nitrogens with zero attached hydrogens (tertiary/aromatic N) is 2. The van der Waals surface area contributed by atoms with Gasteiger partial charge in [0.25, 0.3) is 0 Å². The molecule has 18 heavy (non-hydrogen) atoms. The topological polar surface area (TPSA) is 42.4 Å². The van der Waals surface area contributed by atoms with Crippen molar-refractivity contribution in [1.29, 1.82) is 0 Å². The minimum atomic E-state index is 0.0991. The molecule has 1 aliphatic heterocycles. The molecule has 3 rings (SSSR count). The zero-order valence-electron chi connectivity index (χ0n) is 10.6. The van der Waals surface area contributed by atoms with Crippen LogP contribution in [-0.4, -0.2) is 35.0 Å². The molecule has 1 aliphatic carbocycles. The first-order valence-corrected chi connectivity index (χ1v) is 6.61. The molecular weight excluding hydrogens is 228 g/mol. The molecule has 0 unspecified atom stereocenters. The number of carbonyl (C=O) groups excluding carboxylic acids is 1. The van der Waals surface area contributed by atoms with E-state index < -0.39 is 0 Å². The van der Waals surface area contributed by atoms with Crippen molar-refractivity contribution in [2.45, 2.75) is 32.3 Å². The Balaban J connectivity index is 1.57. The highest BCUT2D eigenvalue weighted by atomic mass is 16.5. The number of rotatable bonds is 3. The number of ether oxygens (including phenoxy) is 1. The second kappa shape index (κ2) is 4.59. The van der Waals surface area contributed by atoms with Gasteiger partial charge in [0, 0.05) is 30.6 Å². The minimum Gasteiger partial charge on any atom is -0.472 e. The minimum absolute atomic E-state index is 0.0991. The Labute approximate surface area is 107 Å². The van der Waals surface area contributed by atoms with E-state index in [0.29, 0.717) is 24.2 Å². The van der Waals surface area contributed by atoms with Crippen molar-refractivity contribution in [1.82, 2.24) is 9.88 Å². The predicted octanol–water partition coefficient (Wildman–Crippen LogP) is 1.78. The largest absolute Gasteiger partial charge is 0.472 e. The number of amides is 1. The number of aromatic nitrogens is 1. The summed E-state index contributed by atoms with van der Waals surface area (Å²) in [6, 6.07) is 5.77. The molecule has 2 fully saturated rings. The Hall–Kier alpha value is -1.58. The second-order valence-electron chi connectivity index (χ2n) is 5.20. The summed E-state index contributed by atoms with van der Waals surface area (Å²) in [6.45, 7) is 3.49. The lowest BCUT2D eigenvalue weighted by atomic mass is 10.3. The fraction of sp³-hybridized carbons (Fsp3) is 0.571. The van der Waals surface area contributed by atoms with E-state index in [1.807, 2.05) is 30.0 Å². The number of pyridine rings is 1. The van der Waals surface area contributed by atoms with Crippen LogP contribution in [0.5, 0.6) is 5.88 Å². The molecule has 96 valence electrons. The molecule has 4 heteroatoms. The third-order valence-corrected chi connectivity index (χ3v) is 3.53. The molecular formula is C14H18N2O2. The van der Waals surface area contributed by atoms with Crippen LogP contribution in [0.2, 0.25) is 0 Å². The number of carbonyl (C=O) groups is 1. The Morgan fingerprint density at radius 3 is 2.94 bits per heavy atom. The van der Waals surface area contributed by atoms with Crippen LogP contribution in [0.3, 0.4) is 0 Å². The molecule has 1 atom stereocenters. The van der Waals surface area contributed by atoms with Gasteiger partial charge in [0.05, 0.1) is 6.54 Å². The molecule has 1 saturated heterocycles. The van der Waals surface area contributed by atoms with Crippen LogP contribution in [0.1, 0.15) is 25.0 Å². The van der Waals surface area contributed by atoms with Crippen LogP contribution in [0.25, 0.3) is 0 Å². The quantitative estimate of drug-likeness (QED) is 0.816. The molecule has 2 heterocycles. The van der Waals surface area contributed by atoms with Gasteiger partial charge in [0.15, 0.2) is 0 Å². The summed E-state index contributed by atoms with van der Waals surface area (Å²) in [7, 11) is 0. The molecule has 0 N–H and O–H groups in total. The number of hydrogen-bond donors (Lipinski definition) is 0. The van der Waals surface area contributed by atoms with E-state index in [-0.39, 0.29) is 6.10 Å². The lowest BCUT2D eigenvalue weighted by Crippen LogP contribution is -2.32. The van der Waals surface area contributed by atoms with Gasteiger partial charge in [-0.1, -0.05) is 6.07 Å². The summed E-state index contributed by atoms with van der Waals surface area (Å²) in [5.41, 5.74) is 0.955. The van der Waals surface area contributed by atoms with E-state index in [1.54, 1.807) is 0 Å². The molecule has 1 amide bonds. The molecule has 1 aromatic rings. The maximum atomic E-state index is 11.9. The van der Waals surface area contributed by atoms with Crippen molar-refractivity contribution >= 4 is 5.91 Å². The first-order valence-electron chi connectivity index (χ1n) is 6.61. The van der Waals surface area contributed by atoms with Crippen molar-refractivity contribution < 1.29 is 9.53 Å². The fourth-order valence-electron chi connectivity index (χ4n) is 2.37. The smallest absolute Gasteiger partial charge is 0.225 e. The molecule has 1 saturated carbocycles. The van der Waals surface area contributed by atoms with Crippen molar-refractivity contribution in [3.8, 4) is 5.88 Å². The van der Waals surface area contributed by atoms with Gasteiger partial charge in [0.1, 0.15) is 6.10 Å². The van der Waals surface area contributed by atoms with Crippen LogP contribution in [0.4, 0.5) is 0 Å². The Morgan fingerprint density at radius 2 is 2.22 bits per heavy atom. The lowest BCUT2D eigenvalue weighted by molar-refractivity contribution is -0.131. The number of aryl methyl sites for hydroxylation is 1. The van der Waals surface area contributed by atoms with Crippen LogP contribution >= 0.6 is 0 Å². The van der Waals surface area contributed by atoms with Crippen molar-refractivity contribution in [3.05, 3.63) is 23.9 Å². The number of hydrogen-bond acceptors (Lipinski definition) is 3. The molecule has 0 radical (unpaired) electrons. The van der Waals surface area contributed by atoms with Crippen LogP contribution in [0.15, 0.2) is 18.2 Å². The predicted molar refractivity (Wildman–Crippen MR) is 67.3 cm³/mol.